The Morgan fingerprint density at radius 1 is 1.19 bits per heavy atom. The van der Waals surface area contributed by atoms with Gasteiger partial charge in [-0.25, -0.2) is 9.18 Å². The molecule has 0 radical (unpaired) electrons. The van der Waals surface area contributed by atoms with Gasteiger partial charge in [0, 0.05) is 43.0 Å². The summed E-state index contributed by atoms with van der Waals surface area (Å²) in [5, 5.41) is 3.26. The number of pyridine rings is 1. The van der Waals surface area contributed by atoms with E-state index in [-0.39, 0.29) is 29.8 Å². The minimum absolute atomic E-state index is 0.0423. The number of aryl methyl sites for hydroxylation is 1. The average Bonchev–Trinajstić information content (AvgIpc) is 3.27. The number of nitrogens with one attached hydrogen (secondary N) is 1. The van der Waals surface area contributed by atoms with Gasteiger partial charge in [0.1, 0.15) is 5.75 Å². The Morgan fingerprint density at radius 2 is 2.03 bits per heavy atom. The predicted molar refractivity (Wildman–Crippen MR) is 139 cm³/mol. The Kier molecular flexibility index (Phi) is 6.08. The second-order valence-electron chi connectivity index (χ2n) is 9.64. The molecular weight excluding hydrogens is 495 g/mol. The topological polar surface area (TPSA) is 85.7 Å². The SMILES string of the molecule is COC[C@@H]1CCCN1C(=O)c1cc2nccc(Oc3ccc4c(cc(C)n4C(=O)NC4CC4)c3F)c2s1. The molecule has 1 atom stereocenters. The van der Waals surface area contributed by atoms with Gasteiger partial charge in [-0.3, -0.25) is 14.3 Å². The van der Waals surface area contributed by atoms with E-state index < -0.39 is 5.82 Å². The highest BCUT2D eigenvalue weighted by Gasteiger charge is 2.31. The quantitative estimate of drug-likeness (QED) is 0.363. The number of fused-ring (bicyclic) bond motifs is 2. The number of aromatic nitrogens is 2. The molecule has 8 nitrogen and oxygen atoms in total. The van der Waals surface area contributed by atoms with Crippen molar-refractivity contribution >= 4 is 44.4 Å². The number of ether oxygens (including phenoxy) is 2. The summed E-state index contributed by atoms with van der Waals surface area (Å²) in [6, 6.07) is 8.32. The second-order valence-corrected chi connectivity index (χ2v) is 10.7. The number of benzene rings is 1. The first-order valence-electron chi connectivity index (χ1n) is 12.4. The molecule has 2 aliphatic rings. The second kappa shape index (κ2) is 9.42. The molecule has 0 unspecified atom stereocenters. The Balaban J connectivity index is 1.30. The summed E-state index contributed by atoms with van der Waals surface area (Å²) in [6.45, 7) is 2.98. The zero-order valence-electron chi connectivity index (χ0n) is 20.6. The third-order valence-electron chi connectivity index (χ3n) is 6.98. The first-order chi connectivity index (χ1) is 17.9. The molecule has 2 amide bonds. The number of likely N-dealkylation sites (tertiary alicyclic amines) is 1. The molecule has 2 fully saturated rings. The lowest BCUT2D eigenvalue weighted by molar-refractivity contribution is 0.0635. The number of methoxy groups -OCH3 is 1. The largest absolute Gasteiger partial charge is 0.453 e. The molecule has 0 spiro atoms. The van der Waals surface area contributed by atoms with Crippen LogP contribution in [0, 0.1) is 12.7 Å². The van der Waals surface area contributed by atoms with Crippen molar-refractivity contribution in [3.63, 3.8) is 0 Å². The molecule has 0 bridgehead atoms. The molecule has 1 aliphatic carbocycles. The molecule has 1 saturated carbocycles. The number of rotatable bonds is 6. The van der Waals surface area contributed by atoms with Crippen LogP contribution in [0.25, 0.3) is 21.1 Å². The maximum Gasteiger partial charge on any atom is 0.326 e. The van der Waals surface area contributed by atoms with Crippen molar-refractivity contribution in [3.05, 3.63) is 52.9 Å². The highest BCUT2D eigenvalue weighted by atomic mass is 32.1. The summed E-state index contributed by atoms with van der Waals surface area (Å²) in [5.41, 5.74) is 1.75. The van der Waals surface area contributed by atoms with E-state index in [1.54, 1.807) is 44.5 Å². The number of carbonyl (C=O) groups is 2. The van der Waals surface area contributed by atoms with Crippen LogP contribution in [0.4, 0.5) is 9.18 Å². The molecule has 6 rings (SSSR count). The van der Waals surface area contributed by atoms with E-state index in [0.717, 1.165) is 25.7 Å². The fourth-order valence-corrected chi connectivity index (χ4v) is 6.02. The van der Waals surface area contributed by atoms with Crippen LogP contribution in [0.1, 0.15) is 41.0 Å². The third kappa shape index (κ3) is 4.34. The minimum atomic E-state index is -0.545. The van der Waals surface area contributed by atoms with Crippen LogP contribution in [-0.2, 0) is 4.74 Å². The van der Waals surface area contributed by atoms with Crippen LogP contribution in [0.2, 0.25) is 0 Å². The number of amides is 2. The zero-order chi connectivity index (χ0) is 25.7. The molecule has 4 aromatic rings. The molecule has 10 heteroatoms. The minimum Gasteiger partial charge on any atom is -0.453 e. The molecule has 4 heterocycles. The zero-order valence-corrected chi connectivity index (χ0v) is 21.4. The molecule has 37 heavy (non-hydrogen) atoms. The maximum absolute atomic E-state index is 15.6. The smallest absolute Gasteiger partial charge is 0.326 e. The highest BCUT2D eigenvalue weighted by Crippen LogP contribution is 2.38. The van der Waals surface area contributed by atoms with E-state index in [2.05, 4.69) is 10.3 Å². The van der Waals surface area contributed by atoms with Crippen LogP contribution in [-0.4, -0.2) is 58.7 Å². The van der Waals surface area contributed by atoms with Gasteiger partial charge in [-0.15, -0.1) is 11.3 Å². The summed E-state index contributed by atoms with van der Waals surface area (Å²) in [7, 11) is 1.64. The van der Waals surface area contributed by atoms with Gasteiger partial charge in [0.05, 0.1) is 33.3 Å². The normalized spacial score (nSPS) is 17.6. The van der Waals surface area contributed by atoms with Gasteiger partial charge in [0.2, 0.25) is 0 Å². The van der Waals surface area contributed by atoms with Gasteiger partial charge >= 0.3 is 6.03 Å². The van der Waals surface area contributed by atoms with Crippen molar-refractivity contribution in [2.45, 2.75) is 44.7 Å². The van der Waals surface area contributed by atoms with E-state index in [1.807, 2.05) is 4.90 Å². The molecule has 1 aromatic carbocycles. The predicted octanol–water partition coefficient (Wildman–Crippen LogP) is 5.46. The van der Waals surface area contributed by atoms with Crippen LogP contribution >= 0.6 is 11.3 Å². The molecule has 3 aromatic heterocycles. The molecular formula is C27H27FN4O4S. The van der Waals surface area contributed by atoms with Crippen LogP contribution in [0.5, 0.6) is 11.5 Å². The third-order valence-corrected chi connectivity index (χ3v) is 8.11. The standard InChI is InChI=1S/C27H27FN4O4S/c1-15-12-18-20(32(15)27(34)30-16-5-6-16)7-8-21(24(18)28)36-22-9-10-29-19-13-23(37-25(19)22)26(33)31-11-3-4-17(31)14-35-2/h7-10,12-13,16-17H,3-6,11,14H2,1-2H3,(H,30,34)/t17-/m0/s1. The van der Waals surface area contributed by atoms with Gasteiger partial charge in [0.15, 0.2) is 11.6 Å². The van der Waals surface area contributed by atoms with E-state index in [4.69, 9.17) is 9.47 Å². The Morgan fingerprint density at radius 3 is 2.81 bits per heavy atom. The van der Waals surface area contributed by atoms with Gasteiger partial charge in [-0.1, -0.05) is 0 Å². The Hall–Kier alpha value is -3.50. The number of carbonyl (C=O) groups excluding carboxylic acids is 2. The molecule has 1 saturated heterocycles. The monoisotopic (exact) mass is 522 g/mol. The summed E-state index contributed by atoms with van der Waals surface area (Å²) in [5.74, 6) is -0.135. The van der Waals surface area contributed by atoms with E-state index >= 15 is 4.39 Å². The number of halogens is 1. The van der Waals surface area contributed by atoms with E-state index in [1.165, 1.54) is 22.0 Å². The number of nitrogens with zero attached hydrogens (tertiary/aromatic N) is 3. The lowest BCUT2D eigenvalue weighted by Crippen LogP contribution is -2.37. The summed E-state index contributed by atoms with van der Waals surface area (Å²) >= 11 is 1.29. The van der Waals surface area contributed by atoms with Crippen LogP contribution < -0.4 is 10.1 Å². The lowest BCUT2D eigenvalue weighted by Gasteiger charge is -2.23. The van der Waals surface area contributed by atoms with Gasteiger partial charge in [-0.05, 0) is 56.9 Å². The summed E-state index contributed by atoms with van der Waals surface area (Å²) in [4.78, 5) is 32.8. The van der Waals surface area contributed by atoms with Crippen LogP contribution in [0.15, 0.2) is 36.5 Å². The maximum atomic E-state index is 15.6. The Bertz CT molecular complexity index is 1530. The highest BCUT2D eigenvalue weighted by molar-refractivity contribution is 7.21. The first kappa shape index (κ1) is 23.9. The molecule has 1 N–H and O–H groups in total. The molecule has 192 valence electrons. The number of hydrogen-bond donors (Lipinski definition) is 1. The van der Waals surface area contributed by atoms with Crippen molar-refractivity contribution in [1.29, 1.82) is 0 Å². The fraction of sp³-hybridized carbons (Fsp3) is 0.370. The fourth-order valence-electron chi connectivity index (χ4n) is 5.00. The Labute approximate surface area is 217 Å². The first-order valence-corrected chi connectivity index (χ1v) is 13.2. The van der Waals surface area contributed by atoms with Crippen LogP contribution in [0.3, 0.4) is 0 Å². The van der Waals surface area contributed by atoms with Gasteiger partial charge < -0.3 is 19.7 Å². The van der Waals surface area contributed by atoms with Crippen molar-refractivity contribution in [1.82, 2.24) is 19.8 Å². The van der Waals surface area contributed by atoms with Gasteiger partial charge in [-0.2, -0.15) is 0 Å². The van der Waals surface area contributed by atoms with Crippen molar-refractivity contribution in [2.75, 3.05) is 20.3 Å². The average molecular weight is 523 g/mol. The van der Waals surface area contributed by atoms with Gasteiger partial charge in [0.25, 0.3) is 5.91 Å². The molecule has 1 aliphatic heterocycles. The number of thiophene rings is 1. The lowest BCUT2D eigenvalue weighted by atomic mass is 10.2. The summed E-state index contributed by atoms with van der Waals surface area (Å²) in [6.07, 6.45) is 5.39. The van der Waals surface area contributed by atoms with Crippen molar-refractivity contribution in [3.8, 4) is 11.5 Å². The van der Waals surface area contributed by atoms with E-state index in [9.17, 15) is 9.59 Å². The van der Waals surface area contributed by atoms with Crippen molar-refractivity contribution in [2.24, 2.45) is 0 Å². The van der Waals surface area contributed by atoms with Crippen molar-refractivity contribution < 1.29 is 23.5 Å². The number of hydrogen-bond acceptors (Lipinski definition) is 6. The van der Waals surface area contributed by atoms with E-state index in [0.29, 0.717) is 50.6 Å². The summed E-state index contributed by atoms with van der Waals surface area (Å²) < 4.78 is 29.1.